The van der Waals surface area contributed by atoms with E-state index in [2.05, 4.69) is 24.8 Å². The van der Waals surface area contributed by atoms with Gasteiger partial charge in [0.05, 0.1) is 12.8 Å². The Morgan fingerprint density at radius 3 is 2.48 bits per heavy atom. The zero-order valence-electron chi connectivity index (χ0n) is 13.6. The minimum atomic E-state index is 0.208. The molecule has 1 aromatic rings. The van der Waals surface area contributed by atoms with Crippen LogP contribution >= 0.6 is 0 Å². The summed E-state index contributed by atoms with van der Waals surface area (Å²) in [6, 6.07) is 4.82. The fraction of sp³-hybridized carbons (Fsp3) is 0.778. The van der Waals surface area contributed by atoms with E-state index in [9.17, 15) is 0 Å². The van der Waals surface area contributed by atoms with Crippen LogP contribution in [-0.2, 0) is 6.54 Å². The van der Waals surface area contributed by atoms with Crippen molar-refractivity contribution in [2.75, 3.05) is 6.54 Å². The average molecular weight is 290 g/mol. The Balaban J connectivity index is 1.73. The predicted molar refractivity (Wildman–Crippen MR) is 85.9 cm³/mol. The highest BCUT2D eigenvalue weighted by Crippen LogP contribution is 2.44. The third-order valence-corrected chi connectivity index (χ3v) is 5.79. The van der Waals surface area contributed by atoms with Gasteiger partial charge in [-0.2, -0.15) is 0 Å². The summed E-state index contributed by atoms with van der Waals surface area (Å²) in [6.45, 7) is 6.44. The molecule has 0 aromatic carbocycles. The van der Waals surface area contributed by atoms with Crippen molar-refractivity contribution in [2.45, 2.75) is 70.5 Å². The molecule has 2 saturated carbocycles. The first-order chi connectivity index (χ1) is 10.1. The molecule has 3 nitrogen and oxygen atoms in total. The van der Waals surface area contributed by atoms with E-state index < -0.39 is 0 Å². The van der Waals surface area contributed by atoms with Gasteiger partial charge in [0.25, 0.3) is 0 Å². The maximum Gasteiger partial charge on any atom is 0.117 e. The van der Waals surface area contributed by atoms with E-state index in [-0.39, 0.29) is 5.54 Å². The highest BCUT2D eigenvalue weighted by molar-refractivity contribution is 5.06. The Hall–Kier alpha value is -0.800. The van der Waals surface area contributed by atoms with Gasteiger partial charge >= 0.3 is 0 Å². The van der Waals surface area contributed by atoms with Crippen LogP contribution in [0.5, 0.6) is 0 Å². The Morgan fingerprint density at radius 2 is 2.00 bits per heavy atom. The van der Waals surface area contributed by atoms with E-state index in [1.165, 1.54) is 38.5 Å². The van der Waals surface area contributed by atoms with Crippen LogP contribution in [0.2, 0.25) is 0 Å². The average Bonchev–Trinajstić information content (AvgIpc) is 3.21. The maximum atomic E-state index is 6.28. The molecular formula is C18H30N2O. The first-order valence-corrected chi connectivity index (χ1v) is 8.64. The summed E-state index contributed by atoms with van der Waals surface area (Å²) in [6.07, 6.45) is 9.61. The van der Waals surface area contributed by atoms with Gasteiger partial charge in [-0.25, -0.2) is 0 Å². The van der Waals surface area contributed by atoms with Gasteiger partial charge < -0.3 is 10.2 Å². The molecule has 3 heteroatoms. The van der Waals surface area contributed by atoms with Gasteiger partial charge in [-0.3, -0.25) is 4.90 Å². The van der Waals surface area contributed by atoms with Crippen molar-refractivity contribution in [3.8, 4) is 0 Å². The van der Waals surface area contributed by atoms with Gasteiger partial charge in [-0.15, -0.1) is 0 Å². The molecule has 3 rings (SSSR count). The molecule has 1 aromatic heterocycles. The summed E-state index contributed by atoms with van der Waals surface area (Å²) in [4.78, 5) is 2.68. The lowest BCUT2D eigenvalue weighted by Gasteiger charge is -2.48. The van der Waals surface area contributed by atoms with Gasteiger partial charge in [0, 0.05) is 18.1 Å². The molecule has 0 spiro atoms. The molecule has 0 radical (unpaired) electrons. The highest BCUT2D eigenvalue weighted by Gasteiger charge is 2.45. The number of nitrogens with zero attached hydrogens (tertiary/aromatic N) is 1. The number of rotatable bonds is 6. The van der Waals surface area contributed by atoms with Crippen molar-refractivity contribution in [3.63, 3.8) is 0 Å². The smallest absolute Gasteiger partial charge is 0.117 e. The Morgan fingerprint density at radius 1 is 1.29 bits per heavy atom. The van der Waals surface area contributed by atoms with E-state index in [0.717, 1.165) is 36.7 Å². The third-order valence-electron chi connectivity index (χ3n) is 5.79. The zero-order valence-corrected chi connectivity index (χ0v) is 13.6. The van der Waals surface area contributed by atoms with Crippen molar-refractivity contribution in [1.29, 1.82) is 0 Å². The Labute approximate surface area is 128 Å². The fourth-order valence-electron chi connectivity index (χ4n) is 4.09. The Kier molecular flexibility index (Phi) is 4.41. The molecule has 0 bridgehead atoms. The molecule has 2 N–H and O–H groups in total. The molecule has 2 aliphatic rings. The van der Waals surface area contributed by atoms with Crippen molar-refractivity contribution in [2.24, 2.45) is 17.6 Å². The summed E-state index contributed by atoms with van der Waals surface area (Å²) >= 11 is 0. The largest absolute Gasteiger partial charge is 0.468 e. The first kappa shape index (κ1) is 15.1. The van der Waals surface area contributed by atoms with E-state index in [0.29, 0.717) is 0 Å². The molecule has 2 aliphatic carbocycles. The zero-order chi connectivity index (χ0) is 14.9. The molecule has 0 amide bonds. The number of hydrogen-bond acceptors (Lipinski definition) is 3. The van der Waals surface area contributed by atoms with Crippen LogP contribution in [-0.4, -0.2) is 23.0 Å². The van der Waals surface area contributed by atoms with Gasteiger partial charge in [0.1, 0.15) is 5.76 Å². The van der Waals surface area contributed by atoms with Crippen LogP contribution in [0.3, 0.4) is 0 Å². The molecule has 21 heavy (non-hydrogen) atoms. The van der Waals surface area contributed by atoms with Crippen LogP contribution in [0, 0.1) is 11.8 Å². The van der Waals surface area contributed by atoms with Crippen LogP contribution < -0.4 is 5.73 Å². The topological polar surface area (TPSA) is 42.4 Å². The van der Waals surface area contributed by atoms with E-state index in [4.69, 9.17) is 10.2 Å². The molecule has 118 valence electrons. The summed E-state index contributed by atoms with van der Waals surface area (Å²) in [5, 5.41) is 0. The third kappa shape index (κ3) is 3.19. The number of furan rings is 1. The minimum Gasteiger partial charge on any atom is -0.468 e. The van der Waals surface area contributed by atoms with Crippen molar-refractivity contribution >= 4 is 0 Å². The van der Waals surface area contributed by atoms with Crippen LogP contribution in [0.15, 0.2) is 22.8 Å². The van der Waals surface area contributed by atoms with Crippen LogP contribution in [0.4, 0.5) is 0 Å². The molecular weight excluding hydrogens is 260 g/mol. The number of hydrogen-bond donors (Lipinski definition) is 1. The van der Waals surface area contributed by atoms with Crippen molar-refractivity contribution in [3.05, 3.63) is 24.2 Å². The van der Waals surface area contributed by atoms with Crippen molar-refractivity contribution < 1.29 is 4.42 Å². The molecule has 0 saturated heterocycles. The standard InChI is InChI=1S/C18H30N2O/c1-14(2)15-7-9-18(13-19,10-8-15)20(16-5-6-16)12-17-4-3-11-21-17/h3-4,11,14-16H,5-10,12-13,19H2,1-2H3. The van der Waals surface area contributed by atoms with Crippen LogP contribution in [0.1, 0.15) is 58.1 Å². The van der Waals surface area contributed by atoms with Gasteiger partial charge in [-0.05, 0) is 62.5 Å². The molecule has 2 fully saturated rings. The van der Waals surface area contributed by atoms with Gasteiger partial charge in [-0.1, -0.05) is 13.8 Å². The summed E-state index contributed by atoms with van der Waals surface area (Å²) in [5.41, 5.74) is 6.49. The fourth-order valence-corrected chi connectivity index (χ4v) is 4.09. The predicted octanol–water partition coefficient (Wildman–Crippen LogP) is 3.79. The highest BCUT2D eigenvalue weighted by atomic mass is 16.3. The SMILES string of the molecule is CC(C)C1CCC(CN)(N(Cc2ccco2)C2CC2)CC1. The lowest BCUT2D eigenvalue weighted by molar-refractivity contribution is 0.0169. The first-order valence-electron chi connectivity index (χ1n) is 8.64. The normalized spacial score (nSPS) is 30.2. The number of nitrogens with two attached hydrogens (primary N) is 1. The second kappa shape index (κ2) is 6.13. The maximum absolute atomic E-state index is 6.28. The van der Waals surface area contributed by atoms with E-state index >= 15 is 0 Å². The van der Waals surface area contributed by atoms with E-state index in [1.807, 2.05) is 6.07 Å². The molecule has 1 heterocycles. The summed E-state index contributed by atoms with van der Waals surface area (Å²) in [5.74, 6) is 2.77. The monoisotopic (exact) mass is 290 g/mol. The van der Waals surface area contributed by atoms with Crippen molar-refractivity contribution in [1.82, 2.24) is 4.90 Å². The molecule has 0 atom stereocenters. The summed E-state index contributed by atoms with van der Waals surface area (Å²) in [7, 11) is 0. The molecule has 0 unspecified atom stereocenters. The Bertz CT molecular complexity index is 428. The lowest BCUT2D eigenvalue weighted by Crippen LogP contribution is -2.56. The van der Waals surface area contributed by atoms with Gasteiger partial charge in [0.2, 0.25) is 0 Å². The second-order valence-electron chi connectivity index (χ2n) is 7.45. The lowest BCUT2D eigenvalue weighted by atomic mass is 9.72. The molecule has 0 aliphatic heterocycles. The summed E-state index contributed by atoms with van der Waals surface area (Å²) < 4.78 is 5.60. The van der Waals surface area contributed by atoms with Gasteiger partial charge in [0.15, 0.2) is 0 Å². The second-order valence-corrected chi connectivity index (χ2v) is 7.45. The quantitative estimate of drug-likeness (QED) is 0.867. The van der Waals surface area contributed by atoms with E-state index in [1.54, 1.807) is 6.26 Å². The van der Waals surface area contributed by atoms with Crippen LogP contribution in [0.25, 0.3) is 0 Å². The minimum absolute atomic E-state index is 0.208.